The summed E-state index contributed by atoms with van der Waals surface area (Å²) in [4.78, 5) is 24.0. The number of halogens is 1. The van der Waals surface area contributed by atoms with Gasteiger partial charge in [0.05, 0.1) is 17.1 Å². The van der Waals surface area contributed by atoms with Gasteiger partial charge in [-0.3, -0.25) is 14.5 Å². The Morgan fingerprint density at radius 3 is 2.79 bits per heavy atom. The van der Waals surface area contributed by atoms with Crippen molar-refractivity contribution in [2.24, 2.45) is 0 Å². The molecular weight excluding hydrogens is 202 g/mol. The monoisotopic (exact) mass is 209 g/mol. The van der Waals surface area contributed by atoms with E-state index in [1.165, 1.54) is 11.8 Å². The van der Waals surface area contributed by atoms with Crippen LogP contribution in [0, 0.1) is 0 Å². The fraction of sp³-hybridized carbons (Fsp3) is 0.200. The Morgan fingerprint density at radius 1 is 1.50 bits per heavy atom. The number of fused-ring (bicyclic) bond motifs is 1. The second-order valence-corrected chi connectivity index (χ2v) is 3.59. The van der Waals surface area contributed by atoms with Crippen molar-refractivity contribution in [3.63, 3.8) is 0 Å². The number of carbonyl (C=O) groups is 2. The van der Waals surface area contributed by atoms with Crippen LogP contribution in [0.15, 0.2) is 18.2 Å². The van der Waals surface area contributed by atoms with Crippen molar-refractivity contribution in [2.75, 3.05) is 0 Å². The molecule has 1 aliphatic heterocycles. The molecule has 0 radical (unpaired) electrons. The average molecular weight is 210 g/mol. The van der Waals surface area contributed by atoms with Crippen LogP contribution in [0.4, 0.5) is 0 Å². The Bertz CT molecular complexity index is 428. The first-order chi connectivity index (χ1) is 6.61. The zero-order valence-electron chi connectivity index (χ0n) is 7.58. The predicted molar refractivity (Wildman–Crippen MR) is 52.0 cm³/mol. The predicted octanol–water partition coefficient (Wildman–Crippen LogP) is 1.84. The van der Waals surface area contributed by atoms with Crippen LogP contribution in [0.1, 0.15) is 22.8 Å². The number of imide groups is 1. The third kappa shape index (κ3) is 1.21. The molecule has 2 rings (SSSR count). The van der Waals surface area contributed by atoms with Crippen LogP contribution in [-0.4, -0.2) is 16.7 Å². The van der Waals surface area contributed by atoms with Gasteiger partial charge in [0.1, 0.15) is 0 Å². The maximum Gasteiger partial charge on any atom is 0.262 e. The highest BCUT2D eigenvalue weighted by Gasteiger charge is 2.31. The lowest BCUT2D eigenvalue weighted by Crippen LogP contribution is -2.28. The zero-order valence-corrected chi connectivity index (χ0v) is 8.34. The van der Waals surface area contributed by atoms with Crippen molar-refractivity contribution in [1.29, 1.82) is 0 Å². The van der Waals surface area contributed by atoms with Crippen LogP contribution < -0.4 is 0 Å². The average Bonchev–Trinajstić information content (AvgIpc) is 2.45. The molecule has 1 aromatic carbocycles. The summed E-state index contributed by atoms with van der Waals surface area (Å²) in [7, 11) is 0. The van der Waals surface area contributed by atoms with Crippen molar-refractivity contribution < 1.29 is 9.59 Å². The third-order valence-electron chi connectivity index (χ3n) is 2.27. The lowest BCUT2D eigenvalue weighted by Gasteiger charge is -2.09. The number of rotatable bonds is 0. The van der Waals surface area contributed by atoms with Gasteiger partial charge in [-0.1, -0.05) is 23.7 Å². The molecular formula is C10H8ClNO2. The minimum absolute atomic E-state index is 0.248. The van der Waals surface area contributed by atoms with Gasteiger partial charge in [-0.15, -0.1) is 0 Å². The zero-order chi connectivity index (χ0) is 10.3. The molecule has 0 N–H and O–H groups in total. The van der Waals surface area contributed by atoms with Gasteiger partial charge in [-0.2, -0.15) is 0 Å². The van der Waals surface area contributed by atoms with E-state index in [0.29, 0.717) is 17.1 Å². The maximum absolute atomic E-state index is 11.7. The van der Waals surface area contributed by atoms with Gasteiger partial charge < -0.3 is 0 Å². The van der Waals surface area contributed by atoms with Gasteiger partial charge >= 0.3 is 0 Å². The van der Waals surface area contributed by atoms with Crippen LogP contribution in [-0.2, 0) is 11.3 Å². The summed E-state index contributed by atoms with van der Waals surface area (Å²) >= 11 is 5.88. The standard InChI is InChI=1S/C10H8ClNO2/c1-6(13)12-5-7-3-2-4-8(11)9(7)10(12)14/h2-4H,5H2,1H3. The molecule has 3 nitrogen and oxygen atoms in total. The number of hydrogen-bond acceptors (Lipinski definition) is 2. The third-order valence-corrected chi connectivity index (χ3v) is 2.58. The van der Waals surface area contributed by atoms with Crippen molar-refractivity contribution >= 4 is 23.4 Å². The van der Waals surface area contributed by atoms with Gasteiger partial charge in [0.25, 0.3) is 5.91 Å². The number of nitrogens with zero attached hydrogens (tertiary/aromatic N) is 1. The highest BCUT2D eigenvalue weighted by Crippen LogP contribution is 2.28. The molecule has 0 fully saturated rings. The number of amides is 2. The summed E-state index contributed by atoms with van der Waals surface area (Å²) in [5.74, 6) is -0.541. The molecule has 14 heavy (non-hydrogen) atoms. The molecule has 1 heterocycles. The summed E-state index contributed by atoms with van der Waals surface area (Å²) in [6.45, 7) is 1.71. The number of carbonyl (C=O) groups excluding carboxylic acids is 2. The second kappa shape index (κ2) is 3.10. The van der Waals surface area contributed by atoms with Crippen LogP contribution >= 0.6 is 11.6 Å². The van der Waals surface area contributed by atoms with E-state index < -0.39 is 0 Å². The summed E-state index contributed by atoms with van der Waals surface area (Å²) < 4.78 is 0. The Morgan fingerprint density at radius 2 is 2.21 bits per heavy atom. The maximum atomic E-state index is 11.7. The Kier molecular flexibility index (Phi) is 2.04. The van der Waals surface area contributed by atoms with Gasteiger partial charge in [0, 0.05) is 6.92 Å². The summed E-state index contributed by atoms with van der Waals surface area (Å²) in [6.07, 6.45) is 0. The molecule has 0 aromatic heterocycles. The SMILES string of the molecule is CC(=O)N1Cc2cccc(Cl)c2C1=O. The van der Waals surface area contributed by atoms with Gasteiger partial charge in [0.2, 0.25) is 5.91 Å². The molecule has 0 unspecified atom stereocenters. The Hall–Kier alpha value is -1.35. The molecule has 2 amide bonds. The molecule has 0 bridgehead atoms. The normalized spacial score (nSPS) is 14.4. The van der Waals surface area contributed by atoms with Crippen LogP contribution in [0.2, 0.25) is 5.02 Å². The highest BCUT2D eigenvalue weighted by atomic mass is 35.5. The first-order valence-corrected chi connectivity index (χ1v) is 4.59. The second-order valence-electron chi connectivity index (χ2n) is 3.18. The highest BCUT2D eigenvalue weighted by molar-refractivity contribution is 6.34. The van der Waals surface area contributed by atoms with E-state index in [4.69, 9.17) is 11.6 Å². The van der Waals surface area contributed by atoms with Crippen molar-refractivity contribution in [3.8, 4) is 0 Å². The first-order valence-electron chi connectivity index (χ1n) is 4.21. The largest absolute Gasteiger partial charge is 0.275 e. The fourth-order valence-corrected chi connectivity index (χ4v) is 1.85. The van der Waals surface area contributed by atoms with E-state index in [2.05, 4.69) is 0 Å². The molecule has 0 aliphatic carbocycles. The first kappa shape index (κ1) is 9.21. The van der Waals surface area contributed by atoms with Crippen molar-refractivity contribution in [3.05, 3.63) is 34.3 Å². The molecule has 0 atom stereocenters. The van der Waals surface area contributed by atoms with E-state index >= 15 is 0 Å². The fourth-order valence-electron chi connectivity index (χ4n) is 1.57. The van der Waals surface area contributed by atoms with Crippen LogP contribution in [0.25, 0.3) is 0 Å². The molecule has 1 aliphatic rings. The van der Waals surface area contributed by atoms with E-state index in [1.807, 2.05) is 6.07 Å². The molecule has 0 saturated carbocycles. The molecule has 72 valence electrons. The topological polar surface area (TPSA) is 37.4 Å². The van der Waals surface area contributed by atoms with Crippen molar-refractivity contribution in [2.45, 2.75) is 13.5 Å². The summed E-state index contributed by atoms with van der Waals surface area (Å²) in [5.41, 5.74) is 1.28. The van der Waals surface area contributed by atoms with E-state index in [1.54, 1.807) is 12.1 Å². The Balaban J connectivity index is 2.51. The quantitative estimate of drug-likeness (QED) is 0.654. The van der Waals surface area contributed by atoms with Crippen LogP contribution in [0.5, 0.6) is 0 Å². The molecule has 1 aromatic rings. The minimum atomic E-state index is -0.293. The summed E-state index contributed by atoms with van der Waals surface area (Å²) in [5, 5.41) is 0.413. The minimum Gasteiger partial charge on any atom is -0.275 e. The number of hydrogen-bond donors (Lipinski definition) is 0. The van der Waals surface area contributed by atoms with Crippen LogP contribution in [0.3, 0.4) is 0 Å². The van der Waals surface area contributed by atoms with E-state index in [9.17, 15) is 9.59 Å². The van der Waals surface area contributed by atoms with Crippen molar-refractivity contribution in [1.82, 2.24) is 4.90 Å². The smallest absolute Gasteiger partial charge is 0.262 e. The molecule has 0 saturated heterocycles. The molecule has 4 heteroatoms. The number of benzene rings is 1. The van der Waals surface area contributed by atoms with Gasteiger partial charge in [-0.25, -0.2) is 0 Å². The molecule has 0 spiro atoms. The van der Waals surface area contributed by atoms with Gasteiger partial charge in [-0.05, 0) is 11.6 Å². The lowest BCUT2D eigenvalue weighted by molar-refractivity contribution is -0.126. The van der Waals surface area contributed by atoms with Gasteiger partial charge in [0.15, 0.2) is 0 Å². The van der Waals surface area contributed by atoms with E-state index in [0.717, 1.165) is 5.56 Å². The van der Waals surface area contributed by atoms with E-state index in [-0.39, 0.29) is 11.8 Å². The Labute approximate surface area is 86.3 Å². The summed E-state index contributed by atoms with van der Waals surface area (Å²) in [6, 6.07) is 5.24. The lowest BCUT2D eigenvalue weighted by atomic mass is 10.1.